The Labute approximate surface area is 94.8 Å². The molecule has 0 saturated heterocycles. The molecule has 0 aromatic heterocycles. The van der Waals surface area contributed by atoms with Gasteiger partial charge in [0.15, 0.2) is 0 Å². The van der Waals surface area contributed by atoms with Gasteiger partial charge in [-0.3, -0.25) is 9.59 Å². The van der Waals surface area contributed by atoms with E-state index in [9.17, 15) is 9.59 Å². The molecule has 0 aromatic rings. The van der Waals surface area contributed by atoms with Crippen LogP contribution < -0.4 is 0 Å². The third-order valence-electron chi connectivity index (χ3n) is 1.70. The lowest BCUT2D eigenvalue weighted by Gasteiger charge is -2.16. The predicted octanol–water partition coefficient (Wildman–Crippen LogP) is 1.19. The number of alkyl halides is 1. The van der Waals surface area contributed by atoms with Crippen molar-refractivity contribution in [1.82, 2.24) is 4.90 Å². The molecule has 0 aliphatic rings. The van der Waals surface area contributed by atoms with Crippen molar-refractivity contribution in [3.63, 3.8) is 0 Å². The molecule has 0 unspecified atom stereocenters. The summed E-state index contributed by atoms with van der Waals surface area (Å²) in [6.45, 7) is 5.69. The van der Waals surface area contributed by atoms with E-state index in [-0.39, 0.29) is 30.8 Å². The van der Waals surface area contributed by atoms with Crippen LogP contribution in [0.15, 0.2) is 12.2 Å². The lowest BCUT2D eigenvalue weighted by molar-refractivity contribution is -0.143. The smallest absolute Gasteiger partial charge is 0.307 e. The summed E-state index contributed by atoms with van der Waals surface area (Å²) in [7, 11) is 1.62. The third kappa shape index (κ3) is 6.12. The Bertz CT molecular complexity index is 253. The molecule has 86 valence electrons. The Morgan fingerprint density at radius 2 is 2.07 bits per heavy atom. The number of carbonyl (C=O) groups excluding carboxylic acids is 2. The van der Waals surface area contributed by atoms with E-state index in [1.54, 1.807) is 14.0 Å². The fourth-order valence-corrected chi connectivity index (χ4v) is 0.988. The first kappa shape index (κ1) is 14.0. The van der Waals surface area contributed by atoms with Crippen LogP contribution in [0.25, 0.3) is 0 Å². The fourth-order valence-electron chi connectivity index (χ4n) is 0.911. The molecular weight excluding hydrogens is 218 g/mol. The van der Waals surface area contributed by atoms with Gasteiger partial charge in [0.2, 0.25) is 5.91 Å². The Balaban J connectivity index is 3.80. The minimum Gasteiger partial charge on any atom is -0.464 e. The van der Waals surface area contributed by atoms with Crippen molar-refractivity contribution in [3.8, 4) is 0 Å². The molecule has 0 heterocycles. The molecule has 0 rings (SSSR count). The Kier molecular flexibility index (Phi) is 6.79. The highest BCUT2D eigenvalue weighted by Gasteiger charge is 2.11. The average molecular weight is 234 g/mol. The van der Waals surface area contributed by atoms with Gasteiger partial charge in [-0.25, -0.2) is 0 Å². The van der Waals surface area contributed by atoms with E-state index in [4.69, 9.17) is 16.3 Å². The standard InChI is InChI=1S/C10H16ClNO3/c1-8(2)10(14)12(3)6-4-9(13)15-7-5-11/h1,4-7H2,2-3H3. The number of ether oxygens (including phenoxy) is 1. The van der Waals surface area contributed by atoms with E-state index in [1.165, 1.54) is 4.90 Å². The van der Waals surface area contributed by atoms with Crippen LogP contribution in [0, 0.1) is 0 Å². The Morgan fingerprint density at radius 3 is 2.53 bits per heavy atom. The number of halogens is 1. The van der Waals surface area contributed by atoms with Gasteiger partial charge >= 0.3 is 5.97 Å². The summed E-state index contributed by atoms with van der Waals surface area (Å²) in [5, 5.41) is 0. The fraction of sp³-hybridized carbons (Fsp3) is 0.600. The minimum atomic E-state index is -0.350. The molecule has 0 bridgehead atoms. The van der Waals surface area contributed by atoms with Crippen LogP contribution in [0.3, 0.4) is 0 Å². The number of nitrogens with zero attached hydrogens (tertiary/aromatic N) is 1. The maximum absolute atomic E-state index is 11.3. The summed E-state index contributed by atoms with van der Waals surface area (Å²) in [4.78, 5) is 23.8. The van der Waals surface area contributed by atoms with Crippen LogP contribution in [0.2, 0.25) is 0 Å². The molecule has 0 aromatic carbocycles. The molecule has 15 heavy (non-hydrogen) atoms. The van der Waals surface area contributed by atoms with Crippen molar-refractivity contribution >= 4 is 23.5 Å². The first-order valence-corrected chi connectivity index (χ1v) is 5.15. The molecule has 0 spiro atoms. The van der Waals surface area contributed by atoms with Gasteiger partial charge < -0.3 is 9.64 Å². The molecule has 0 saturated carbocycles. The Hall–Kier alpha value is -1.03. The largest absolute Gasteiger partial charge is 0.464 e. The number of carbonyl (C=O) groups is 2. The number of rotatable bonds is 6. The van der Waals surface area contributed by atoms with Crippen LogP contribution >= 0.6 is 11.6 Å². The van der Waals surface area contributed by atoms with Gasteiger partial charge in [0, 0.05) is 19.2 Å². The summed E-state index contributed by atoms with van der Waals surface area (Å²) in [6, 6.07) is 0. The monoisotopic (exact) mass is 233 g/mol. The second-order valence-corrected chi connectivity index (χ2v) is 3.54. The second-order valence-electron chi connectivity index (χ2n) is 3.17. The summed E-state index contributed by atoms with van der Waals surface area (Å²) in [6.07, 6.45) is 0.173. The number of amides is 1. The van der Waals surface area contributed by atoms with Crippen LogP contribution in [-0.4, -0.2) is 42.9 Å². The normalized spacial score (nSPS) is 9.53. The van der Waals surface area contributed by atoms with Gasteiger partial charge in [-0.1, -0.05) is 6.58 Å². The lowest BCUT2D eigenvalue weighted by atomic mass is 10.3. The number of hydrogen-bond donors (Lipinski definition) is 0. The summed E-state index contributed by atoms with van der Waals surface area (Å²) in [5.41, 5.74) is 0.451. The number of hydrogen-bond acceptors (Lipinski definition) is 3. The quantitative estimate of drug-likeness (QED) is 0.393. The van der Waals surface area contributed by atoms with Crippen LogP contribution in [-0.2, 0) is 14.3 Å². The highest BCUT2D eigenvalue weighted by atomic mass is 35.5. The van der Waals surface area contributed by atoms with E-state index >= 15 is 0 Å². The molecule has 0 fully saturated rings. The molecule has 0 aliphatic heterocycles. The van der Waals surface area contributed by atoms with Gasteiger partial charge in [-0.2, -0.15) is 0 Å². The first-order chi connectivity index (χ1) is 6.99. The topological polar surface area (TPSA) is 46.6 Å². The average Bonchev–Trinajstić information content (AvgIpc) is 2.21. The highest BCUT2D eigenvalue weighted by Crippen LogP contribution is 1.98. The van der Waals surface area contributed by atoms with Gasteiger partial charge in [-0.05, 0) is 6.92 Å². The van der Waals surface area contributed by atoms with E-state index < -0.39 is 0 Å². The Morgan fingerprint density at radius 1 is 1.47 bits per heavy atom. The van der Waals surface area contributed by atoms with Gasteiger partial charge in [-0.15, -0.1) is 11.6 Å². The van der Waals surface area contributed by atoms with Gasteiger partial charge in [0.05, 0.1) is 12.3 Å². The number of likely N-dealkylation sites (N-methyl/N-ethyl adjacent to an activating group) is 1. The molecule has 0 atom stereocenters. The zero-order valence-electron chi connectivity index (χ0n) is 9.09. The van der Waals surface area contributed by atoms with Crippen molar-refractivity contribution < 1.29 is 14.3 Å². The second kappa shape index (κ2) is 7.29. The molecular formula is C10H16ClNO3. The number of esters is 1. The summed E-state index contributed by atoms with van der Waals surface area (Å²) in [5.74, 6) is -0.233. The first-order valence-electron chi connectivity index (χ1n) is 4.61. The van der Waals surface area contributed by atoms with Gasteiger partial charge in [0.25, 0.3) is 0 Å². The van der Waals surface area contributed by atoms with Crippen LogP contribution in [0.5, 0.6) is 0 Å². The SMILES string of the molecule is C=C(C)C(=O)N(C)CCC(=O)OCCCl. The molecule has 1 amide bonds. The molecule has 0 aliphatic carbocycles. The van der Waals surface area contributed by atoms with Crippen molar-refractivity contribution in [2.45, 2.75) is 13.3 Å². The zero-order valence-corrected chi connectivity index (χ0v) is 9.84. The van der Waals surface area contributed by atoms with Crippen molar-refractivity contribution in [1.29, 1.82) is 0 Å². The van der Waals surface area contributed by atoms with Crippen LogP contribution in [0.4, 0.5) is 0 Å². The lowest BCUT2D eigenvalue weighted by Crippen LogP contribution is -2.29. The highest BCUT2D eigenvalue weighted by molar-refractivity contribution is 6.18. The van der Waals surface area contributed by atoms with E-state index in [0.29, 0.717) is 12.1 Å². The molecule has 5 heteroatoms. The third-order valence-corrected chi connectivity index (χ3v) is 1.86. The van der Waals surface area contributed by atoms with Crippen LogP contribution in [0.1, 0.15) is 13.3 Å². The molecule has 4 nitrogen and oxygen atoms in total. The van der Waals surface area contributed by atoms with Gasteiger partial charge in [0.1, 0.15) is 6.61 Å². The predicted molar refractivity (Wildman–Crippen MR) is 58.7 cm³/mol. The van der Waals surface area contributed by atoms with Crippen molar-refractivity contribution in [2.24, 2.45) is 0 Å². The zero-order chi connectivity index (χ0) is 11.8. The minimum absolute atomic E-state index is 0.167. The maximum Gasteiger partial charge on any atom is 0.307 e. The van der Waals surface area contributed by atoms with Crippen molar-refractivity contribution in [3.05, 3.63) is 12.2 Å². The van der Waals surface area contributed by atoms with E-state index in [2.05, 4.69) is 6.58 Å². The molecule has 0 N–H and O–H groups in total. The summed E-state index contributed by atoms with van der Waals surface area (Å²) >= 11 is 5.35. The molecule has 0 radical (unpaired) electrons. The van der Waals surface area contributed by atoms with E-state index in [0.717, 1.165) is 0 Å². The van der Waals surface area contributed by atoms with E-state index in [1.807, 2.05) is 0 Å². The maximum atomic E-state index is 11.3. The van der Waals surface area contributed by atoms with Crippen molar-refractivity contribution in [2.75, 3.05) is 26.1 Å². The summed E-state index contributed by atoms with van der Waals surface area (Å²) < 4.78 is 4.75.